The molecule has 0 spiro atoms. The van der Waals surface area contributed by atoms with Crippen LogP contribution < -0.4 is 5.32 Å². The molecule has 6 heteroatoms. The van der Waals surface area contributed by atoms with Gasteiger partial charge in [0, 0.05) is 37.8 Å². The molecule has 2 heterocycles. The lowest BCUT2D eigenvalue weighted by Crippen LogP contribution is -2.53. The number of hydrogen-bond acceptors (Lipinski definition) is 4. The standard InChI is InChI=1S/C25H37N3O3/c1-18(2)16-27-12-13-31-21(17-27)15-26-24(29)23-14-20-10-6-7-11-22(20)28(23)25(30)19-8-4-3-5-9-19/h3-5,8-9,18,20-23H,6-7,10-17H2,1-2H3,(H,26,29). The molecule has 4 rings (SSSR count). The van der Waals surface area contributed by atoms with Crippen LogP contribution in [0.4, 0.5) is 0 Å². The average molecular weight is 428 g/mol. The highest BCUT2D eigenvalue weighted by atomic mass is 16.5. The second-order valence-corrected chi connectivity index (χ2v) is 9.83. The molecular weight excluding hydrogens is 390 g/mol. The van der Waals surface area contributed by atoms with Crippen LogP contribution in [0.2, 0.25) is 0 Å². The highest BCUT2D eigenvalue weighted by molar-refractivity contribution is 5.98. The maximum Gasteiger partial charge on any atom is 0.254 e. The lowest BCUT2D eigenvalue weighted by atomic mass is 9.84. The van der Waals surface area contributed by atoms with Crippen LogP contribution >= 0.6 is 0 Å². The van der Waals surface area contributed by atoms with Crippen molar-refractivity contribution >= 4 is 11.8 Å². The topological polar surface area (TPSA) is 61.9 Å². The number of fused-ring (bicyclic) bond motifs is 1. The molecule has 4 atom stereocenters. The van der Waals surface area contributed by atoms with Gasteiger partial charge in [-0.15, -0.1) is 0 Å². The molecule has 1 N–H and O–H groups in total. The van der Waals surface area contributed by atoms with Crippen molar-refractivity contribution in [3.8, 4) is 0 Å². The van der Waals surface area contributed by atoms with Crippen molar-refractivity contribution in [3.05, 3.63) is 35.9 Å². The summed E-state index contributed by atoms with van der Waals surface area (Å²) in [5, 5.41) is 3.13. The molecule has 1 aromatic rings. The maximum absolute atomic E-state index is 13.4. The van der Waals surface area contributed by atoms with Crippen LogP contribution in [0.5, 0.6) is 0 Å². The van der Waals surface area contributed by atoms with Gasteiger partial charge in [-0.25, -0.2) is 0 Å². The Bertz CT molecular complexity index is 754. The largest absolute Gasteiger partial charge is 0.374 e. The lowest BCUT2D eigenvalue weighted by molar-refractivity contribution is -0.126. The van der Waals surface area contributed by atoms with Crippen molar-refractivity contribution in [2.45, 2.75) is 64.1 Å². The minimum atomic E-state index is -0.379. The predicted molar refractivity (Wildman–Crippen MR) is 121 cm³/mol. The number of amides is 2. The fourth-order valence-corrected chi connectivity index (χ4v) is 5.63. The summed E-state index contributed by atoms with van der Waals surface area (Å²) in [6.45, 7) is 8.52. The summed E-state index contributed by atoms with van der Waals surface area (Å²) in [5.41, 5.74) is 0.673. The van der Waals surface area contributed by atoms with Gasteiger partial charge in [0.25, 0.3) is 5.91 Å². The minimum Gasteiger partial charge on any atom is -0.374 e. The molecule has 0 bridgehead atoms. The molecule has 31 heavy (non-hydrogen) atoms. The summed E-state index contributed by atoms with van der Waals surface area (Å²) in [7, 11) is 0. The summed E-state index contributed by atoms with van der Waals surface area (Å²) in [6, 6.07) is 9.21. The van der Waals surface area contributed by atoms with Crippen LogP contribution in [0.3, 0.4) is 0 Å². The number of nitrogens with one attached hydrogen (secondary N) is 1. The number of nitrogens with zero attached hydrogens (tertiary/aromatic N) is 2. The summed E-state index contributed by atoms with van der Waals surface area (Å²) < 4.78 is 5.90. The Labute approximate surface area is 186 Å². The van der Waals surface area contributed by atoms with E-state index in [4.69, 9.17) is 4.74 Å². The van der Waals surface area contributed by atoms with Gasteiger partial charge in [0.2, 0.25) is 5.91 Å². The average Bonchev–Trinajstić information content (AvgIpc) is 3.17. The summed E-state index contributed by atoms with van der Waals surface area (Å²) in [4.78, 5) is 31.0. The van der Waals surface area contributed by atoms with E-state index in [2.05, 4.69) is 24.1 Å². The SMILES string of the molecule is CC(C)CN1CCOC(CNC(=O)C2CC3CCCCC3N2C(=O)c2ccccc2)C1. The normalized spacial score (nSPS) is 29.1. The van der Waals surface area contributed by atoms with Crippen LogP contribution in [-0.4, -0.2) is 72.6 Å². The maximum atomic E-state index is 13.4. The third-order valence-corrected chi connectivity index (χ3v) is 7.00. The van der Waals surface area contributed by atoms with Gasteiger partial charge in [-0.3, -0.25) is 14.5 Å². The second-order valence-electron chi connectivity index (χ2n) is 9.83. The number of benzene rings is 1. The zero-order valence-corrected chi connectivity index (χ0v) is 19.0. The van der Waals surface area contributed by atoms with Crippen molar-refractivity contribution in [2.24, 2.45) is 11.8 Å². The van der Waals surface area contributed by atoms with Crippen molar-refractivity contribution in [1.29, 1.82) is 0 Å². The van der Waals surface area contributed by atoms with E-state index < -0.39 is 0 Å². The molecular formula is C25H37N3O3. The molecule has 1 aromatic carbocycles. The fourth-order valence-electron chi connectivity index (χ4n) is 5.63. The number of likely N-dealkylation sites (tertiary alicyclic amines) is 1. The minimum absolute atomic E-state index is 0.00725. The van der Waals surface area contributed by atoms with E-state index >= 15 is 0 Å². The smallest absolute Gasteiger partial charge is 0.254 e. The highest BCUT2D eigenvalue weighted by Crippen LogP contribution is 2.40. The van der Waals surface area contributed by atoms with Gasteiger partial charge in [0.15, 0.2) is 0 Å². The van der Waals surface area contributed by atoms with Crippen molar-refractivity contribution in [3.63, 3.8) is 0 Å². The third-order valence-electron chi connectivity index (χ3n) is 7.00. The first-order chi connectivity index (χ1) is 15.0. The van der Waals surface area contributed by atoms with Crippen LogP contribution in [0.25, 0.3) is 0 Å². The van der Waals surface area contributed by atoms with E-state index in [9.17, 15) is 9.59 Å². The number of hydrogen-bond donors (Lipinski definition) is 1. The number of carbonyl (C=O) groups excluding carboxylic acids is 2. The quantitative estimate of drug-likeness (QED) is 0.758. The molecule has 6 nitrogen and oxygen atoms in total. The number of ether oxygens (including phenoxy) is 1. The van der Waals surface area contributed by atoms with E-state index in [1.807, 2.05) is 35.2 Å². The van der Waals surface area contributed by atoms with Crippen molar-refractivity contribution < 1.29 is 14.3 Å². The van der Waals surface area contributed by atoms with Gasteiger partial charge in [-0.05, 0) is 43.2 Å². The predicted octanol–water partition coefficient (Wildman–Crippen LogP) is 2.93. The van der Waals surface area contributed by atoms with Gasteiger partial charge < -0.3 is 15.0 Å². The third kappa shape index (κ3) is 5.29. The highest BCUT2D eigenvalue weighted by Gasteiger charge is 2.47. The Morgan fingerprint density at radius 3 is 2.71 bits per heavy atom. The van der Waals surface area contributed by atoms with E-state index in [0.717, 1.165) is 45.3 Å². The van der Waals surface area contributed by atoms with Crippen molar-refractivity contribution in [1.82, 2.24) is 15.1 Å². The molecule has 2 aliphatic heterocycles. The first-order valence-corrected chi connectivity index (χ1v) is 12.0. The number of morpholine rings is 1. The van der Waals surface area contributed by atoms with E-state index in [1.165, 1.54) is 6.42 Å². The van der Waals surface area contributed by atoms with Gasteiger partial charge in [0.1, 0.15) is 6.04 Å². The molecule has 3 aliphatic rings. The van der Waals surface area contributed by atoms with Gasteiger partial charge >= 0.3 is 0 Å². The molecule has 0 radical (unpaired) electrons. The lowest BCUT2D eigenvalue weighted by Gasteiger charge is -2.35. The zero-order valence-electron chi connectivity index (χ0n) is 19.0. The Balaban J connectivity index is 1.41. The molecule has 1 aliphatic carbocycles. The van der Waals surface area contributed by atoms with E-state index in [0.29, 0.717) is 30.6 Å². The Hall–Kier alpha value is -1.92. The van der Waals surface area contributed by atoms with Gasteiger partial charge in [-0.2, -0.15) is 0 Å². The van der Waals surface area contributed by atoms with Crippen LogP contribution in [-0.2, 0) is 9.53 Å². The Kier molecular flexibility index (Phi) is 7.28. The van der Waals surface area contributed by atoms with Crippen LogP contribution in [0, 0.1) is 11.8 Å². The van der Waals surface area contributed by atoms with Crippen LogP contribution in [0.1, 0.15) is 56.3 Å². The van der Waals surface area contributed by atoms with E-state index in [1.54, 1.807) is 0 Å². The molecule has 170 valence electrons. The monoisotopic (exact) mass is 427 g/mol. The molecule has 1 saturated carbocycles. The van der Waals surface area contributed by atoms with Gasteiger partial charge in [-0.1, -0.05) is 44.9 Å². The first kappa shape index (κ1) is 22.3. The molecule has 0 aromatic heterocycles. The molecule has 3 fully saturated rings. The fraction of sp³-hybridized carbons (Fsp3) is 0.680. The van der Waals surface area contributed by atoms with Crippen LogP contribution in [0.15, 0.2) is 30.3 Å². The van der Waals surface area contributed by atoms with Crippen molar-refractivity contribution in [2.75, 3.05) is 32.8 Å². The Morgan fingerprint density at radius 1 is 1.16 bits per heavy atom. The Morgan fingerprint density at radius 2 is 1.94 bits per heavy atom. The molecule has 4 unspecified atom stereocenters. The van der Waals surface area contributed by atoms with Gasteiger partial charge in [0.05, 0.1) is 12.7 Å². The summed E-state index contributed by atoms with van der Waals surface area (Å²) >= 11 is 0. The zero-order chi connectivity index (χ0) is 21.8. The molecule has 2 saturated heterocycles. The number of carbonyl (C=O) groups is 2. The van der Waals surface area contributed by atoms with E-state index in [-0.39, 0.29) is 30.0 Å². The first-order valence-electron chi connectivity index (χ1n) is 12.0. The summed E-state index contributed by atoms with van der Waals surface area (Å²) in [5.74, 6) is 1.02. The summed E-state index contributed by atoms with van der Waals surface area (Å²) in [6.07, 6.45) is 5.24. The second kappa shape index (κ2) is 10.1. The molecule has 2 amide bonds. The number of rotatable bonds is 6.